The quantitative estimate of drug-likeness (QED) is 0.869. The van der Waals surface area contributed by atoms with Gasteiger partial charge in [0.2, 0.25) is 5.88 Å². The zero-order valence-corrected chi connectivity index (χ0v) is 14.9. The van der Waals surface area contributed by atoms with Gasteiger partial charge in [-0.05, 0) is 39.3 Å². The van der Waals surface area contributed by atoms with Crippen molar-refractivity contribution in [3.8, 4) is 5.88 Å². The fourth-order valence-electron chi connectivity index (χ4n) is 3.28. The van der Waals surface area contributed by atoms with Crippen molar-refractivity contribution in [2.24, 2.45) is 13.0 Å². The lowest BCUT2D eigenvalue weighted by atomic mass is 10.1. The summed E-state index contributed by atoms with van der Waals surface area (Å²) in [6.07, 6.45) is 2.22. The molecule has 2 heterocycles. The van der Waals surface area contributed by atoms with Crippen molar-refractivity contribution in [3.63, 3.8) is 0 Å². The number of nitrogens with one attached hydrogen (secondary N) is 1. The van der Waals surface area contributed by atoms with E-state index in [1.165, 1.54) is 0 Å². The Morgan fingerprint density at radius 3 is 2.91 bits per heavy atom. The van der Waals surface area contributed by atoms with E-state index in [2.05, 4.69) is 29.3 Å². The molecule has 0 radical (unpaired) electrons. The third-order valence-corrected chi connectivity index (χ3v) is 4.34. The molecule has 1 saturated heterocycles. The van der Waals surface area contributed by atoms with Gasteiger partial charge in [0.05, 0.1) is 12.8 Å². The fourth-order valence-corrected chi connectivity index (χ4v) is 3.28. The van der Waals surface area contributed by atoms with Crippen molar-refractivity contribution in [3.05, 3.63) is 5.69 Å². The summed E-state index contributed by atoms with van der Waals surface area (Å²) < 4.78 is 6.96. The molecule has 7 nitrogen and oxygen atoms in total. The lowest BCUT2D eigenvalue weighted by Crippen LogP contribution is -2.34. The highest BCUT2D eigenvalue weighted by molar-refractivity contribution is 5.91. The fraction of sp³-hybridized carbons (Fsp3) is 0.750. The molecule has 2 rings (SSSR count). The van der Waals surface area contributed by atoms with Crippen molar-refractivity contribution >= 4 is 11.7 Å². The van der Waals surface area contributed by atoms with Gasteiger partial charge in [-0.2, -0.15) is 5.10 Å². The topological polar surface area (TPSA) is 62.6 Å². The van der Waals surface area contributed by atoms with E-state index in [9.17, 15) is 4.79 Å². The summed E-state index contributed by atoms with van der Waals surface area (Å²) in [5.74, 6) is 1.13. The molecule has 0 spiro atoms. The summed E-state index contributed by atoms with van der Waals surface area (Å²) in [5, 5.41) is 7.24. The van der Waals surface area contributed by atoms with Crippen LogP contribution in [-0.2, 0) is 7.05 Å². The first-order valence-corrected chi connectivity index (χ1v) is 8.28. The maximum Gasteiger partial charge on any atom is 0.322 e. The monoisotopic (exact) mass is 323 g/mol. The first kappa shape index (κ1) is 17.6. The molecular formula is C16H29N5O2. The Morgan fingerprint density at radius 2 is 2.26 bits per heavy atom. The minimum atomic E-state index is -0.0694. The molecule has 1 aliphatic rings. The van der Waals surface area contributed by atoms with Gasteiger partial charge in [-0.1, -0.05) is 6.92 Å². The highest BCUT2D eigenvalue weighted by Gasteiger charge is 2.28. The zero-order valence-electron chi connectivity index (χ0n) is 14.9. The van der Waals surface area contributed by atoms with Gasteiger partial charge < -0.3 is 19.9 Å². The van der Waals surface area contributed by atoms with Gasteiger partial charge in [0, 0.05) is 26.7 Å². The van der Waals surface area contributed by atoms with Crippen LogP contribution >= 0.6 is 0 Å². The van der Waals surface area contributed by atoms with Crippen molar-refractivity contribution in [1.29, 1.82) is 0 Å². The maximum absolute atomic E-state index is 12.5. The molecule has 130 valence electrons. The second kappa shape index (κ2) is 7.68. The molecule has 1 atom stereocenters. The predicted octanol–water partition coefficient (Wildman–Crippen LogP) is 1.93. The smallest absolute Gasteiger partial charge is 0.322 e. The molecule has 7 heteroatoms. The van der Waals surface area contributed by atoms with Crippen LogP contribution in [0.3, 0.4) is 0 Å². The molecule has 0 bridgehead atoms. The van der Waals surface area contributed by atoms with E-state index in [-0.39, 0.29) is 6.03 Å². The van der Waals surface area contributed by atoms with Crippen molar-refractivity contribution < 1.29 is 9.53 Å². The van der Waals surface area contributed by atoms with E-state index in [0.717, 1.165) is 44.7 Å². The van der Waals surface area contributed by atoms with Gasteiger partial charge in [0.1, 0.15) is 5.69 Å². The molecule has 1 fully saturated rings. The van der Waals surface area contributed by atoms with E-state index in [1.807, 2.05) is 11.8 Å². The van der Waals surface area contributed by atoms with E-state index < -0.39 is 0 Å². The van der Waals surface area contributed by atoms with E-state index in [0.29, 0.717) is 17.5 Å². The number of carbonyl (C=O) groups is 1. The molecule has 0 aliphatic carbocycles. The third kappa shape index (κ3) is 4.16. The molecule has 1 aromatic rings. The number of aromatic nitrogens is 2. The first-order chi connectivity index (χ1) is 11.0. The number of ether oxygens (including phenoxy) is 1. The minimum absolute atomic E-state index is 0.0694. The highest BCUT2D eigenvalue weighted by atomic mass is 16.5. The Labute approximate surface area is 138 Å². The third-order valence-electron chi connectivity index (χ3n) is 4.34. The van der Waals surface area contributed by atoms with Crippen LogP contribution in [0.4, 0.5) is 10.5 Å². The van der Waals surface area contributed by atoms with Crippen LogP contribution in [0.25, 0.3) is 0 Å². The Bertz CT molecular complexity index is 543. The van der Waals surface area contributed by atoms with Gasteiger partial charge in [0.25, 0.3) is 0 Å². The average molecular weight is 323 g/mol. The Hall–Kier alpha value is -1.76. The molecule has 1 N–H and O–H groups in total. The summed E-state index contributed by atoms with van der Waals surface area (Å²) in [4.78, 5) is 16.7. The molecule has 1 aliphatic heterocycles. The molecule has 0 aromatic carbocycles. The van der Waals surface area contributed by atoms with Crippen LogP contribution in [0.2, 0.25) is 0 Å². The first-order valence-electron chi connectivity index (χ1n) is 8.28. The second-order valence-corrected chi connectivity index (χ2v) is 6.39. The van der Waals surface area contributed by atoms with E-state index >= 15 is 0 Å². The van der Waals surface area contributed by atoms with Crippen LogP contribution in [-0.4, -0.2) is 65.9 Å². The van der Waals surface area contributed by atoms with Gasteiger partial charge in [-0.15, -0.1) is 0 Å². The molecule has 0 unspecified atom stereocenters. The Kier molecular flexibility index (Phi) is 5.87. The van der Waals surface area contributed by atoms with Crippen LogP contribution < -0.4 is 10.1 Å². The zero-order chi connectivity index (χ0) is 17.0. The molecule has 0 saturated carbocycles. The van der Waals surface area contributed by atoms with Crippen LogP contribution in [0.1, 0.15) is 25.5 Å². The number of aryl methyl sites for hydroxylation is 2. The highest BCUT2D eigenvalue weighted by Crippen LogP contribution is 2.28. The largest absolute Gasteiger partial charge is 0.480 e. The Balaban J connectivity index is 1.93. The minimum Gasteiger partial charge on any atom is -0.480 e. The standard InChI is InChI=1S/C16H29N5O2/c1-6-8-19(3)10-13-7-9-21(11-13)16(22)17-14-12(2)18-20(4)15(14)23-5/h13H,6-11H2,1-5H3,(H,17,22)/t13-/m0/s1. The number of anilines is 1. The lowest BCUT2D eigenvalue weighted by molar-refractivity contribution is 0.217. The number of urea groups is 1. The normalized spacial score (nSPS) is 17.8. The van der Waals surface area contributed by atoms with E-state index in [4.69, 9.17) is 4.74 Å². The summed E-state index contributed by atoms with van der Waals surface area (Å²) in [6, 6.07) is -0.0694. The maximum atomic E-state index is 12.5. The number of hydrogen-bond acceptors (Lipinski definition) is 4. The summed E-state index contributed by atoms with van der Waals surface area (Å²) in [7, 11) is 5.54. The van der Waals surface area contributed by atoms with Crippen LogP contribution in [0.15, 0.2) is 0 Å². The predicted molar refractivity (Wildman–Crippen MR) is 91.0 cm³/mol. The van der Waals surface area contributed by atoms with Crippen LogP contribution in [0.5, 0.6) is 5.88 Å². The average Bonchev–Trinajstić information content (AvgIpc) is 3.04. The number of likely N-dealkylation sites (tertiary alicyclic amines) is 1. The van der Waals surface area contributed by atoms with Gasteiger partial charge in [-0.25, -0.2) is 9.48 Å². The van der Waals surface area contributed by atoms with Gasteiger partial charge in [-0.3, -0.25) is 0 Å². The summed E-state index contributed by atoms with van der Waals surface area (Å²) >= 11 is 0. The summed E-state index contributed by atoms with van der Waals surface area (Å²) in [6.45, 7) is 7.82. The molecule has 1 aromatic heterocycles. The lowest BCUT2D eigenvalue weighted by Gasteiger charge is -2.21. The second-order valence-electron chi connectivity index (χ2n) is 6.39. The van der Waals surface area contributed by atoms with Crippen molar-refractivity contribution in [2.45, 2.75) is 26.7 Å². The number of hydrogen-bond donors (Lipinski definition) is 1. The van der Waals surface area contributed by atoms with Crippen molar-refractivity contribution in [1.82, 2.24) is 19.6 Å². The van der Waals surface area contributed by atoms with Crippen LogP contribution in [0, 0.1) is 12.8 Å². The molecule has 2 amide bonds. The molecular weight excluding hydrogens is 294 g/mol. The number of amides is 2. The summed E-state index contributed by atoms with van der Waals surface area (Å²) in [5.41, 5.74) is 1.42. The van der Waals surface area contributed by atoms with Crippen molar-refractivity contribution in [2.75, 3.05) is 45.7 Å². The van der Waals surface area contributed by atoms with Gasteiger partial charge >= 0.3 is 6.03 Å². The number of methoxy groups -OCH3 is 1. The number of carbonyl (C=O) groups excluding carboxylic acids is 1. The van der Waals surface area contributed by atoms with Gasteiger partial charge in [0.15, 0.2) is 0 Å². The Morgan fingerprint density at radius 1 is 1.52 bits per heavy atom. The number of rotatable bonds is 6. The number of nitrogens with zero attached hydrogens (tertiary/aromatic N) is 4. The van der Waals surface area contributed by atoms with E-state index in [1.54, 1.807) is 18.8 Å². The SMILES string of the molecule is CCCN(C)C[C@@H]1CCN(C(=O)Nc2c(C)nn(C)c2OC)C1. The molecule has 23 heavy (non-hydrogen) atoms.